The number of hydrogen-bond donors (Lipinski definition) is 2. The molecular weight excluding hydrogens is 360 g/mol. The van der Waals surface area contributed by atoms with Gasteiger partial charge in [0.1, 0.15) is 12.2 Å². The number of carbonyl (C=O) groups excluding carboxylic acids is 1. The van der Waals surface area contributed by atoms with Crippen molar-refractivity contribution in [1.82, 2.24) is 5.32 Å². The molecule has 148 valence electrons. The second-order valence-electron chi connectivity index (χ2n) is 6.14. The number of nitrogens with one attached hydrogen (secondary N) is 1. The van der Waals surface area contributed by atoms with Crippen molar-refractivity contribution in [2.45, 2.75) is 25.3 Å². The highest BCUT2D eigenvalue weighted by atomic mass is 16.6. The first-order chi connectivity index (χ1) is 12.9. The van der Waals surface area contributed by atoms with Crippen LogP contribution in [0.15, 0.2) is 12.1 Å². The highest BCUT2D eigenvalue weighted by molar-refractivity contribution is 5.99. The summed E-state index contributed by atoms with van der Waals surface area (Å²) in [6.07, 6.45) is 1.26. The third-order valence-corrected chi connectivity index (χ3v) is 4.39. The summed E-state index contributed by atoms with van der Waals surface area (Å²) in [6, 6.07) is 2.04. The molecule has 0 radical (unpaired) electrons. The average molecular weight is 382 g/mol. The Morgan fingerprint density at radius 1 is 1.26 bits per heavy atom. The molecule has 27 heavy (non-hydrogen) atoms. The van der Waals surface area contributed by atoms with E-state index >= 15 is 0 Å². The monoisotopic (exact) mass is 382 g/mol. The fraction of sp³-hybridized carbons (Fsp3) is 0.529. The number of carbonyl (C=O) groups is 2. The number of nitro groups is 1. The predicted molar refractivity (Wildman–Crippen MR) is 93.3 cm³/mol. The van der Waals surface area contributed by atoms with Crippen LogP contribution >= 0.6 is 0 Å². The molecule has 1 saturated carbocycles. The lowest BCUT2D eigenvalue weighted by Crippen LogP contribution is -2.33. The van der Waals surface area contributed by atoms with Crippen LogP contribution in [0.25, 0.3) is 0 Å². The summed E-state index contributed by atoms with van der Waals surface area (Å²) in [5, 5.41) is 23.1. The predicted octanol–water partition coefficient (Wildman–Crippen LogP) is 1.61. The largest absolute Gasteiger partial charge is 0.493 e. The van der Waals surface area contributed by atoms with Crippen LogP contribution in [-0.4, -0.2) is 55.4 Å². The molecule has 1 fully saturated rings. The number of carboxylic acid groups (broad SMARTS) is 1. The second kappa shape index (κ2) is 9.17. The van der Waals surface area contributed by atoms with Gasteiger partial charge in [-0.05, 0) is 19.3 Å². The molecule has 10 nitrogen and oxygen atoms in total. The van der Waals surface area contributed by atoms with Crippen molar-refractivity contribution in [1.29, 1.82) is 0 Å². The third kappa shape index (κ3) is 5.07. The second-order valence-corrected chi connectivity index (χ2v) is 6.14. The Morgan fingerprint density at radius 2 is 2.00 bits per heavy atom. The van der Waals surface area contributed by atoms with Crippen LogP contribution < -0.4 is 14.8 Å². The van der Waals surface area contributed by atoms with Gasteiger partial charge in [-0.1, -0.05) is 0 Å². The summed E-state index contributed by atoms with van der Waals surface area (Å²) in [4.78, 5) is 34.3. The van der Waals surface area contributed by atoms with E-state index in [-0.39, 0.29) is 36.3 Å². The zero-order valence-corrected chi connectivity index (χ0v) is 15.1. The lowest BCUT2D eigenvalue weighted by atomic mass is 10.1. The molecule has 2 rings (SSSR count). The van der Waals surface area contributed by atoms with E-state index in [9.17, 15) is 19.7 Å². The molecule has 1 aliphatic rings. The molecule has 0 aromatic heterocycles. The number of rotatable bonds is 9. The van der Waals surface area contributed by atoms with Gasteiger partial charge in [-0.2, -0.15) is 0 Å². The van der Waals surface area contributed by atoms with Gasteiger partial charge >= 0.3 is 5.97 Å². The van der Waals surface area contributed by atoms with Gasteiger partial charge in [-0.25, -0.2) is 0 Å². The van der Waals surface area contributed by atoms with Crippen LogP contribution in [0.5, 0.6) is 11.5 Å². The Kier molecular flexibility index (Phi) is 6.94. The summed E-state index contributed by atoms with van der Waals surface area (Å²) in [5.74, 6) is -1.77. The first kappa shape index (κ1) is 20.4. The molecule has 2 atom stereocenters. The van der Waals surface area contributed by atoms with Crippen molar-refractivity contribution < 1.29 is 33.8 Å². The quantitative estimate of drug-likeness (QED) is 0.373. The molecule has 0 spiro atoms. The zero-order valence-electron chi connectivity index (χ0n) is 15.1. The van der Waals surface area contributed by atoms with Crippen molar-refractivity contribution >= 4 is 17.6 Å². The first-order valence-corrected chi connectivity index (χ1v) is 8.39. The van der Waals surface area contributed by atoms with Crippen LogP contribution in [0.2, 0.25) is 0 Å². The number of amides is 1. The van der Waals surface area contributed by atoms with Crippen LogP contribution in [0.1, 0.15) is 29.6 Å². The maximum Gasteiger partial charge on any atom is 0.306 e. The van der Waals surface area contributed by atoms with Crippen molar-refractivity contribution in [3.63, 3.8) is 0 Å². The molecule has 1 aromatic carbocycles. The number of carboxylic acids is 1. The SMILES string of the molecule is COCCOc1cc([N+](=O)[O-])c(C(=O)N[C@H]2CC[C@@H](C(=O)O)C2)cc1OC. The summed E-state index contributed by atoms with van der Waals surface area (Å²) < 4.78 is 15.5. The topological polar surface area (TPSA) is 137 Å². The Hall–Kier alpha value is -2.88. The molecule has 0 aliphatic heterocycles. The number of methoxy groups -OCH3 is 2. The smallest absolute Gasteiger partial charge is 0.306 e. The minimum Gasteiger partial charge on any atom is -0.493 e. The maximum atomic E-state index is 12.6. The van der Waals surface area contributed by atoms with Crippen molar-refractivity contribution in [2.24, 2.45) is 5.92 Å². The first-order valence-electron chi connectivity index (χ1n) is 8.39. The molecule has 0 unspecified atom stereocenters. The van der Waals surface area contributed by atoms with Crippen LogP contribution in [-0.2, 0) is 9.53 Å². The summed E-state index contributed by atoms with van der Waals surface area (Å²) in [7, 11) is 2.86. The number of nitrogens with zero attached hydrogens (tertiary/aromatic N) is 1. The zero-order chi connectivity index (χ0) is 20.0. The minimum absolute atomic E-state index is 0.129. The van der Waals surface area contributed by atoms with Gasteiger partial charge in [-0.15, -0.1) is 0 Å². The Labute approximate surface area is 155 Å². The molecule has 1 aromatic rings. The van der Waals surface area contributed by atoms with Gasteiger partial charge in [-0.3, -0.25) is 19.7 Å². The summed E-state index contributed by atoms with van der Waals surface area (Å²) in [6.45, 7) is 0.444. The highest BCUT2D eigenvalue weighted by Gasteiger charge is 2.32. The van der Waals surface area contributed by atoms with Gasteiger partial charge in [0.2, 0.25) is 0 Å². The fourth-order valence-electron chi connectivity index (χ4n) is 2.99. The third-order valence-electron chi connectivity index (χ3n) is 4.39. The molecule has 10 heteroatoms. The van der Waals surface area contributed by atoms with E-state index < -0.39 is 28.4 Å². The van der Waals surface area contributed by atoms with E-state index in [1.54, 1.807) is 0 Å². The van der Waals surface area contributed by atoms with E-state index in [4.69, 9.17) is 19.3 Å². The lowest BCUT2D eigenvalue weighted by Gasteiger charge is -2.15. The van der Waals surface area contributed by atoms with Gasteiger partial charge in [0.05, 0.1) is 30.6 Å². The number of aliphatic carboxylic acids is 1. The van der Waals surface area contributed by atoms with E-state index in [0.29, 0.717) is 19.3 Å². The van der Waals surface area contributed by atoms with E-state index in [1.807, 2.05) is 0 Å². The van der Waals surface area contributed by atoms with Crippen LogP contribution in [0.4, 0.5) is 5.69 Å². The van der Waals surface area contributed by atoms with Gasteiger partial charge in [0.25, 0.3) is 11.6 Å². The van der Waals surface area contributed by atoms with Crippen LogP contribution in [0.3, 0.4) is 0 Å². The van der Waals surface area contributed by atoms with E-state index in [1.165, 1.54) is 20.3 Å². The average Bonchev–Trinajstić information content (AvgIpc) is 3.10. The van der Waals surface area contributed by atoms with Gasteiger partial charge < -0.3 is 24.6 Å². The molecule has 2 N–H and O–H groups in total. The number of hydrogen-bond acceptors (Lipinski definition) is 7. The Bertz CT molecular complexity index is 721. The normalized spacial score (nSPS) is 18.7. The molecular formula is C17H22N2O8. The van der Waals surface area contributed by atoms with Crippen molar-refractivity contribution in [3.8, 4) is 11.5 Å². The van der Waals surface area contributed by atoms with E-state index in [2.05, 4.69) is 5.32 Å². The van der Waals surface area contributed by atoms with E-state index in [0.717, 1.165) is 6.07 Å². The Balaban J connectivity index is 2.22. The van der Waals surface area contributed by atoms with Gasteiger partial charge in [0, 0.05) is 19.2 Å². The minimum atomic E-state index is -0.906. The van der Waals surface area contributed by atoms with Crippen molar-refractivity contribution in [2.75, 3.05) is 27.4 Å². The highest BCUT2D eigenvalue weighted by Crippen LogP contribution is 2.35. The number of ether oxygens (including phenoxy) is 3. The summed E-state index contributed by atoms with van der Waals surface area (Å²) in [5.41, 5.74) is -0.594. The lowest BCUT2D eigenvalue weighted by molar-refractivity contribution is -0.385. The molecule has 0 saturated heterocycles. The molecule has 0 heterocycles. The number of benzene rings is 1. The molecule has 1 aliphatic carbocycles. The van der Waals surface area contributed by atoms with Crippen molar-refractivity contribution in [3.05, 3.63) is 27.8 Å². The van der Waals surface area contributed by atoms with Gasteiger partial charge in [0.15, 0.2) is 11.5 Å². The summed E-state index contributed by atoms with van der Waals surface area (Å²) >= 11 is 0. The number of nitro benzene ring substituents is 1. The fourth-order valence-corrected chi connectivity index (χ4v) is 2.99. The Morgan fingerprint density at radius 3 is 2.56 bits per heavy atom. The standard InChI is InChI=1S/C17H22N2O8/c1-25-5-6-27-15-9-13(19(23)24)12(8-14(15)26-2)16(20)18-11-4-3-10(7-11)17(21)22/h8-11H,3-7H2,1-2H3,(H,18,20)(H,21,22)/t10-,11+/m1/s1. The molecule has 1 amide bonds. The van der Waals surface area contributed by atoms with Crippen LogP contribution in [0, 0.1) is 16.0 Å². The molecule has 0 bridgehead atoms. The maximum absolute atomic E-state index is 12.6.